The van der Waals surface area contributed by atoms with Crippen molar-refractivity contribution >= 4 is 21.8 Å². The van der Waals surface area contributed by atoms with Crippen molar-refractivity contribution in [3.05, 3.63) is 59.4 Å². The normalized spacial score (nSPS) is 19.0. The lowest BCUT2D eigenvalue weighted by atomic mass is 9.94. The number of ether oxygens (including phenoxy) is 1. The van der Waals surface area contributed by atoms with E-state index in [1.165, 1.54) is 53.9 Å². The van der Waals surface area contributed by atoms with Gasteiger partial charge in [-0.2, -0.15) is 4.31 Å². The first-order valence-electron chi connectivity index (χ1n) is 10.6. The number of nitrogens with one attached hydrogen (secondary N) is 2. The third kappa shape index (κ3) is 6.08. The van der Waals surface area contributed by atoms with Gasteiger partial charge in [-0.25, -0.2) is 12.8 Å². The maximum absolute atomic E-state index is 13.3. The Morgan fingerprint density at radius 3 is 2.30 bits per heavy atom. The zero-order chi connectivity index (χ0) is 24.2. The molecule has 1 aliphatic heterocycles. The van der Waals surface area contributed by atoms with Crippen LogP contribution >= 0.6 is 0 Å². The van der Waals surface area contributed by atoms with Crippen molar-refractivity contribution in [2.75, 3.05) is 20.2 Å². The van der Waals surface area contributed by atoms with E-state index in [9.17, 15) is 22.4 Å². The molecule has 0 aliphatic carbocycles. The third-order valence-corrected chi connectivity index (χ3v) is 7.33. The largest absolute Gasteiger partial charge is 0.495 e. The third-order valence-electron chi connectivity index (χ3n) is 5.47. The molecule has 2 N–H and O–H groups in total. The molecule has 1 aliphatic rings. The lowest BCUT2D eigenvalue weighted by Crippen LogP contribution is -2.43. The van der Waals surface area contributed by atoms with Gasteiger partial charge in [0.1, 0.15) is 16.5 Å². The van der Waals surface area contributed by atoms with Gasteiger partial charge < -0.3 is 4.74 Å². The summed E-state index contributed by atoms with van der Waals surface area (Å²) in [5.74, 6) is -1.02. The number of nitrogens with zero attached hydrogens (tertiary/aromatic N) is 1. The molecular weight excluding hydrogens is 449 g/mol. The summed E-state index contributed by atoms with van der Waals surface area (Å²) in [6.45, 7) is 4.80. The van der Waals surface area contributed by atoms with E-state index in [-0.39, 0.29) is 34.5 Å². The molecule has 2 amide bonds. The average Bonchev–Trinajstić information content (AvgIpc) is 2.78. The molecule has 0 bridgehead atoms. The second-order valence-corrected chi connectivity index (χ2v) is 10.3. The van der Waals surface area contributed by atoms with E-state index in [4.69, 9.17) is 4.74 Å². The zero-order valence-electron chi connectivity index (χ0n) is 18.8. The predicted molar refractivity (Wildman–Crippen MR) is 120 cm³/mol. The van der Waals surface area contributed by atoms with Gasteiger partial charge in [0.15, 0.2) is 0 Å². The summed E-state index contributed by atoms with van der Waals surface area (Å²) < 4.78 is 46.3. The number of hydrazine groups is 1. The fourth-order valence-electron chi connectivity index (χ4n) is 3.99. The molecular formula is C23H28FN3O5S. The first-order valence-corrected chi connectivity index (χ1v) is 12.1. The molecule has 3 rings (SSSR count). The first-order chi connectivity index (χ1) is 15.6. The van der Waals surface area contributed by atoms with Crippen LogP contribution in [-0.4, -0.2) is 44.7 Å². The van der Waals surface area contributed by atoms with Crippen molar-refractivity contribution in [3.63, 3.8) is 0 Å². The number of amides is 2. The van der Waals surface area contributed by atoms with Crippen LogP contribution in [-0.2, 0) is 21.2 Å². The Kier molecular flexibility index (Phi) is 7.70. The summed E-state index contributed by atoms with van der Waals surface area (Å²) in [6, 6.07) is 9.51. The summed E-state index contributed by atoms with van der Waals surface area (Å²) in [5, 5.41) is 0. The molecule has 1 saturated heterocycles. The highest BCUT2D eigenvalue weighted by atomic mass is 32.2. The monoisotopic (exact) mass is 477 g/mol. The fraction of sp³-hybridized carbons (Fsp3) is 0.391. The van der Waals surface area contributed by atoms with E-state index in [1.54, 1.807) is 0 Å². The van der Waals surface area contributed by atoms with E-state index in [0.29, 0.717) is 18.7 Å². The SMILES string of the molecule is COc1ccc(C(=O)NNC(=O)Cc2ccc(F)cc2)cc1S(=O)(=O)N1CC(C)CC(C)C1. The van der Waals surface area contributed by atoms with Crippen LogP contribution < -0.4 is 15.6 Å². The van der Waals surface area contributed by atoms with Crippen molar-refractivity contribution < 1.29 is 27.1 Å². The second kappa shape index (κ2) is 10.3. The summed E-state index contributed by atoms with van der Waals surface area (Å²) in [6.07, 6.45) is 0.886. The lowest BCUT2D eigenvalue weighted by molar-refractivity contribution is -0.121. The van der Waals surface area contributed by atoms with Gasteiger partial charge in [0.05, 0.1) is 13.5 Å². The standard InChI is InChI=1S/C23H28FN3O5S/c1-15-10-16(2)14-27(13-15)33(30,31)21-12-18(6-9-20(21)32-3)23(29)26-25-22(28)11-17-4-7-19(24)8-5-17/h4-9,12,15-16H,10-11,13-14H2,1-3H3,(H,25,28)(H,26,29). The molecule has 1 fully saturated rings. The molecule has 10 heteroatoms. The number of methoxy groups -OCH3 is 1. The minimum atomic E-state index is -3.89. The molecule has 2 aromatic carbocycles. The Balaban J connectivity index is 1.73. The fourth-order valence-corrected chi connectivity index (χ4v) is 5.85. The van der Waals surface area contributed by atoms with Gasteiger partial charge in [-0.3, -0.25) is 20.4 Å². The van der Waals surface area contributed by atoms with E-state index in [1.807, 2.05) is 13.8 Å². The minimum absolute atomic E-state index is 0.0505. The Labute approximate surface area is 193 Å². The van der Waals surface area contributed by atoms with Gasteiger partial charge in [0, 0.05) is 18.7 Å². The zero-order valence-corrected chi connectivity index (χ0v) is 19.6. The van der Waals surface area contributed by atoms with Crippen LogP contribution in [0, 0.1) is 17.7 Å². The highest BCUT2D eigenvalue weighted by molar-refractivity contribution is 7.89. The number of benzene rings is 2. The van der Waals surface area contributed by atoms with E-state index < -0.39 is 27.7 Å². The number of halogens is 1. The van der Waals surface area contributed by atoms with Crippen LogP contribution in [0.3, 0.4) is 0 Å². The van der Waals surface area contributed by atoms with Gasteiger partial charge in [-0.1, -0.05) is 26.0 Å². The van der Waals surface area contributed by atoms with Gasteiger partial charge >= 0.3 is 0 Å². The summed E-state index contributed by atoms with van der Waals surface area (Å²) >= 11 is 0. The van der Waals surface area contributed by atoms with Gasteiger partial charge in [0.25, 0.3) is 5.91 Å². The quantitative estimate of drug-likeness (QED) is 0.622. The minimum Gasteiger partial charge on any atom is -0.495 e. The van der Waals surface area contributed by atoms with Gasteiger partial charge in [-0.05, 0) is 54.2 Å². The molecule has 0 spiro atoms. The van der Waals surface area contributed by atoms with Crippen LogP contribution in [0.25, 0.3) is 0 Å². The Morgan fingerprint density at radius 1 is 1.06 bits per heavy atom. The van der Waals surface area contributed by atoms with Crippen molar-refractivity contribution in [1.29, 1.82) is 0 Å². The van der Waals surface area contributed by atoms with Crippen molar-refractivity contribution in [1.82, 2.24) is 15.2 Å². The number of hydrogen-bond donors (Lipinski definition) is 2. The molecule has 0 aromatic heterocycles. The Morgan fingerprint density at radius 2 is 1.70 bits per heavy atom. The van der Waals surface area contributed by atoms with E-state index in [0.717, 1.165) is 6.42 Å². The lowest BCUT2D eigenvalue weighted by Gasteiger charge is -2.34. The number of sulfonamides is 1. The topological polar surface area (TPSA) is 105 Å². The second-order valence-electron chi connectivity index (χ2n) is 8.44. The highest BCUT2D eigenvalue weighted by Gasteiger charge is 2.34. The van der Waals surface area contributed by atoms with Crippen molar-refractivity contribution in [3.8, 4) is 5.75 Å². The van der Waals surface area contributed by atoms with Gasteiger partial charge in [-0.15, -0.1) is 0 Å². The van der Waals surface area contributed by atoms with Crippen LogP contribution in [0.15, 0.2) is 47.4 Å². The van der Waals surface area contributed by atoms with Crippen molar-refractivity contribution in [2.45, 2.75) is 31.6 Å². The van der Waals surface area contributed by atoms with Crippen LogP contribution in [0.4, 0.5) is 4.39 Å². The number of hydrogen-bond acceptors (Lipinski definition) is 5. The molecule has 178 valence electrons. The Bertz CT molecular complexity index is 1110. The van der Waals surface area contributed by atoms with Crippen LogP contribution in [0.2, 0.25) is 0 Å². The molecule has 8 nitrogen and oxygen atoms in total. The van der Waals surface area contributed by atoms with E-state index in [2.05, 4.69) is 10.9 Å². The summed E-state index contributed by atoms with van der Waals surface area (Å²) in [5.41, 5.74) is 5.19. The number of carbonyl (C=O) groups excluding carboxylic acids is 2. The molecule has 2 unspecified atom stereocenters. The molecule has 2 aromatic rings. The molecule has 1 heterocycles. The summed E-state index contributed by atoms with van der Waals surface area (Å²) in [7, 11) is -2.53. The molecule has 0 saturated carbocycles. The average molecular weight is 478 g/mol. The number of carbonyl (C=O) groups is 2. The predicted octanol–water partition coefficient (Wildman–Crippen LogP) is 2.50. The maximum atomic E-state index is 13.3. The molecule has 0 radical (unpaired) electrons. The number of piperidine rings is 1. The summed E-state index contributed by atoms with van der Waals surface area (Å²) in [4.78, 5) is 24.6. The van der Waals surface area contributed by atoms with Gasteiger partial charge in [0.2, 0.25) is 15.9 Å². The van der Waals surface area contributed by atoms with E-state index >= 15 is 0 Å². The number of rotatable bonds is 6. The molecule has 2 atom stereocenters. The Hall–Kier alpha value is -2.98. The van der Waals surface area contributed by atoms with Crippen LogP contribution in [0.1, 0.15) is 36.2 Å². The maximum Gasteiger partial charge on any atom is 0.269 e. The highest BCUT2D eigenvalue weighted by Crippen LogP contribution is 2.32. The van der Waals surface area contributed by atoms with Crippen molar-refractivity contribution in [2.24, 2.45) is 11.8 Å². The smallest absolute Gasteiger partial charge is 0.269 e. The first kappa shape index (κ1) is 24.7. The molecule has 33 heavy (non-hydrogen) atoms. The van der Waals surface area contributed by atoms with Crippen LogP contribution in [0.5, 0.6) is 5.75 Å².